The van der Waals surface area contributed by atoms with Crippen molar-refractivity contribution in [2.24, 2.45) is 0 Å². The molecule has 1 amide bonds. The average Bonchev–Trinajstić information content (AvgIpc) is 3.27. The Kier molecular flexibility index (Phi) is 5.88. The van der Waals surface area contributed by atoms with Crippen LogP contribution in [0, 0.1) is 6.92 Å². The molecule has 0 saturated carbocycles. The van der Waals surface area contributed by atoms with Crippen molar-refractivity contribution in [3.63, 3.8) is 0 Å². The minimum Gasteiger partial charge on any atom is -0.462 e. The van der Waals surface area contributed by atoms with Crippen LogP contribution in [-0.2, 0) is 9.53 Å². The number of esters is 1. The Labute approximate surface area is 161 Å². The highest BCUT2D eigenvalue weighted by Gasteiger charge is 2.22. The summed E-state index contributed by atoms with van der Waals surface area (Å²) in [5.74, 6) is 0.546. The fourth-order valence-electron chi connectivity index (χ4n) is 2.54. The molecular weight excluding hydrogens is 362 g/mol. The SMILES string of the molecule is CCOC(=O)c1c(-c2ccccc2)csc1NC(=O)/C=C/c1ccc(C)o1. The molecule has 0 fully saturated rings. The number of hydrogen-bond acceptors (Lipinski definition) is 5. The van der Waals surface area contributed by atoms with Crippen molar-refractivity contribution in [1.82, 2.24) is 0 Å². The summed E-state index contributed by atoms with van der Waals surface area (Å²) in [6.07, 6.45) is 2.95. The highest BCUT2D eigenvalue weighted by atomic mass is 32.1. The number of carbonyl (C=O) groups excluding carboxylic acids is 2. The Balaban J connectivity index is 1.86. The summed E-state index contributed by atoms with van der Waals surface area (Å²) < 4.78 is 10.6. The van der Waals surface area contributed by atoms with Crippen molar-refractivity contribution in [3.8, 4) is 11.1 Å². The maximum absolute atomic E-state index is 12.5. The summed E-state index contributed by atoms with van der Waals surface area (Å²) >= 11 is 1.29. The summed E-state index contributed by atoms with van der Waals surface area (Å²) in [4.78, 5) is 24.8. The Morgan fingerprint density at radius 1 is 1.19 bits per heavy atom. The standard InChI is InChI=1S/C21H19NO4S/c1-3-25-21(24)19-17(15-7-5-4-6-8-15)13-27-20(19)22-18(23)12-11-16-10-9-14(2)26-16/h4-13H,3H2,1-2H3,(H,22,23)/b12-11+. The van der Waals surface area contributed by atoms with Crippen LogP contribution in [0.4, 0.5) is 5.00 Å². The highest BCUT2D eigenvalue weighted by Crippen LogP contribution is 2.36. The molecule has 138 valence electrons. The number of furan rings is 1. The lowest BCUT2D eigenvalue weighted by Crippen LogP contribution is -2.12. The van der Waals surface area contributed by atoms with E-state index in [1.165, 1.54) is 17.4 Å². The maximum Gasteiger partial charge on any atom is 0.341 e. The number of nitrogens with one attached hydrogen (secondary N) is 1. The van der Waals surface area contributed by atoms with Crippen molar-refractivity contribution in [3.05, 3.63) is 71.0 Å². The van der Waals surface area contributed by atoms with E-state index in [-0.39, 0.29) is 12.5 Å². The molecule has 2 heterocycles. The van der Waals surface area contributed by atoms with Gasteiger partial charge in [-0.2, -0.15) is 0 Å². The first-order valence-electron chi connectivity index (χ1n) is 8.48. The number of hydrogen-bond donors (Lipinski definition) is 1. The second kappa shape index (κ2) is 8.51. The van der Waals surface area contributed by atoms with Gasteiger partial charge in [0, 0.05) is 17.0 Å². The number of ether oxygens (including phenoxy) is 1. The fourth-order valence-corrected chi connectivity index (χ4v) is 3.50. The predicted octanol–water partition coefficient (Wildman–Crippen LogP) is 5.15. The molecule has 5 nitrogen and oxygen atoms in total. The van der Waals surface area contributed by atoms with E-state index in [0.717, 1.165) is 16.9 Å². The molecule has 1 aromatic carbocycles. The molecule has 1 N–H and O–H groups in total. The molecule has 0 atom stereocenters. The van der Waals surface area contributed by atoms with Gasteiger partial charge in [-0.05, 0) is 37.6 Å². The summed E-state index contributed by atoms with van der Waals surface area (Å²) in [7, 11) is 0. The second-order valence-corrected chi connectivity index (χ2v) is 6.59. The van der Waals surface area contributed by atoms with Crippen LogP contribution in [0.3, 0.4) is 0 Å². The Bertz CT molecular complexity index is 969. The van der Waals surface area contributed by atoms with Gasteiger partial charge in [0.25, 0.3) is 0 Å². The number of aryl methyl sites for hydroxylation is 1. The lowest BCUT2D eigenvalue weighted by Gasteiger charge is -2.07. The van der Waals surface area contributed by atoms with Crippen LogP contribution in [0.15, 0.2) is 58.3 Å². The molecule has 0 aliphatic carbocycles. The van der Waals surface area contributed by atoms with Gasteiger partial charge in [-0.3, -0.25) is 4.79 Å². The van der Waals surface area contributed by atoms with Gasteiger partial charge in [0.05, 0.1) is 6.61 Å². The summed E-state index contributed by atoms with van der Waals surface area (Å²) in [6.45, 7) is 3.84. The lowest BCUT2D eigenvalue weighted by atomic mass is 10.0. The summed E-state index contributed by atoms with van der Waals surface area (Å²) in [6, 6.07) is 13.1. The molecule has 3 aromatic rings. The molecule has 0 spiro atoms. The zero-order valence-electron chi connectivity index (χ0n) is 15.0. The van der Waals surface area contributed by atoms with Gasteiger partial charge in [-0.15, -0.1) is 11.3 Å². The first kappa shape index (κ1) is 18.7. The number of carbonyl (C=O) groups is 2. The van der Waals surface area contributed by atoms with Gasteiger partial charge in [0.2, 0.25) is 5.91 Å². The predicted molar refractivity (Wildman–Crippen MR) is 107 cm³/mol. The Hall–Kier alpha value is -3.12. The van der Waals surface area contributed by atoms with E-state index in [1.54, 1.807) is 19.1 Å². The number of benzene rings is 1. The molecule has 0 aliphatic rings. The number of rotatable bonds is 6. The van der Waals surface area contributed by atoms with Crippen LogP contribution in [0.5, 0.6) is 0 Å². The van der Waals surface area contributed by atoms with Gasteiger partial charge in [0.15, 0.2) is 0 Å². The fraction of sp³-hybridized carbons (Fsp3) is 0.143. The van der Waals surface area contributed by atoms with Crippen LogP contribution in [0.2, 0.25) is 0 Å². The second-order valence-electron chi connectivity index (χ2n) is 5.71. The highest BCUT2D eigenvalue weighted by molar-refractivity contribution is 7.15. The van der Waals surface area contributed by atoms with Gasteiger partial charge in [-0.1, -0.05) is 30.3 Å². The number of amides is 1. The van der Waals surface area contributed by atoms with Gasteiger partial charge in [-0.25, -0.2) is 4.79 Å². The largest absolute Gasteiger partial charge is 0.462 e. The smallest absolute Gasteiger partial charge is 0.341 e. The topological polar surface area (TPSA) is 68.5 Å². The van der Waals surface area contributed by atoms with Gasteiger partial charge >= 0.3 is 5.97 Å². The third kappa shape index (κ3) is 4.54. The number of anilines is 1. The number of thiophene rings is 1. The molecule has 27 heavy (non-hydrogen) atoms. The van der Waals surface area contributed by atoms with Crippen molar-refractivity contribution in [2.45, 2.75) is 13.8 Å². The Morgan fingerprint density at radius 3 is 2.63 bits per heavy atom. The van der Waals surface area contributed by atoms with Gasteiger partial charge < -0.3 is 14.5 Å². The Morgan fingerprint density at radius 2 is 1.96 bits per heavy atom. The van der Waals surface area contributed by atoms with Crippen LogP contribution >= 0.6 is 11.3 Å². The van der Waals surface area contributed by atoms with Crippen molar-refractivity contribution < 1.29 is 18.7 Å². The minimum atomic E-state index is -0.460. The van der Waals surface area contributed by atoms with Crippen molar-refractivity contribution in [2.75, 3.05) is 11.9 Å². The quantitative estimate of drug-likeness (QED) is 0.474. The molecule has 0 bridgehead atoms. The summed E-state index contributed by atoms with van der Waals surface area (Å²) in [5, 5.41) is 5.07. The molecule has 0 aliphatic heterocycles. The van der Waals surface area contributed by atoms with Crippen LogP contribution in [0.1, 0.15) is 28.8 Å². The molecule has 6 heteroatoms. The van der Waals surface area contributed by atoms with E-state index in [4.69, 9.17) is 9.15 Å². The van der Waals surface area contributed by atoms with E-state index < -0.39 is 5.97 Å². The first-order valence-corrected chi connectivity index (χ1v) is 9.36. The van der Waals surface area contributed by atoms with E-state index in [0.29, 0.717) is 16.3 Å². The van der Waals surface area contributed by atoms with Crippen molar-refractivity contribution in [1.29, 1.82) is 0 Å². The monoisotopic (exact) mass is 381 g/mol. The van der Waals surface area contributed by atoms with E-state index in [1.807, 2.05) is 48.7 Å². The van der Waals surface area contributed by atoms with E-state index in [9.17, 15) is 9.59 Å². The van der Waals surface area contributed by atoms with Crippen LogP contribution in [0.25, 0.3) is 17.2 Å². The average molecular weight is 381 g/mol. The summed E-state index contributed by atoms with van der Waals surface area (Å²) in [5.41, 5.74) is 1.99. The zero-order valence-corrected chi connectivity index (χ0v) is 15.8. The molecule has 2 aromatic heterocycles. The third-order valence-corrected chi connectivity index (χ3v) is 4.65. The minimum absolute atomic E-state index is 0.258. The zero-order chi connectivity index (χ0) is 19.2. The molecule has 0 radical (unpaired) electrons. The van der Waals surface area contributed by atoms with Crippen LogP contribution < -0.4 is 5.32 Å². The van der Waals surface area contributed by atoms with Crippen LogP contribution in [-0.4, -0.2) is 18.5 Å². The maximum atomic E-state index is 12.5. The lowest BCUT2D eigenvalue weighted by molar-refractivity contribution is -0.111. The third-order valence-electron chi connectivity index (χ3n) is 3.75. The van der Waals surface area contributed by atoms with E-state index >= 15 is 0 Å². The van der Waals surface area contributed by atoms with E-state index in [2.05, 4.69) is 5.32 Å². The normalized spacial score (nSPS) is 10.9. The molecule has 3 rings (SSSR count). The van der Waals surface area contributed by atoms with Crippen molar-refractivity contribution >= 4 is 34.3 Å². The first-order chi connectivity index (χ1) is 13.1. The molecular formula is C21H19NO4S. The molecule has 0 unspecified atom stereocenters. The van der Waals surface area contributed by atoms with Gasteiger partial charge in [0.1, 0.15) is 22.1 Å². The molecule has 0 saturated heterocycles.